The van der Waals surface area contributed by atoms with Crippen molar-refractivity contribution in [3.8, 4) is 0 Å². The monoisotopic (exact) mass is 482 g/mol. The number of anilines is 2. The third-order valence-electron chi connectivity index (χ3n) is 5.19. The quantitative estimate of drug-likeness (QED) is 0.174. The van der Waals surface area contributed by atoms with Crippen LogP contribution in [0, 0.1) is 0 Å². The number of amides is 2. The highest BCUT2D eigenvalue weighted by Crippen LogP contribution is 2.35. The SMILES string of the molecule is C=C(C)C(=O)NCC(=O)NCC(=O)[C@@](CCCCN)(C(=O)O)N(c1ccccn1)c1ccccn1. The molecule has 0 aliphatic heterocycles. The highest BCUT2D eigenvalue weighted by atomic mass is 16.4. The average molecular weight is 483 g/mol. The second-order valence-corrected chi connectivity index (χ2v) is 7.79. The molecule has 2 rings (SSSR count). The molecule has 0 aliphatic carbocycles. The topological polar surface area (TPSA) is 168 Å². The Balaban J connectivity index is 2.44. The van der Waals surface area contributed by atoms with Crippen LogP contribution in [0.25, 0.3) is 0 Å². The van der Waals surface area contributed by atoms with Gasteiger partial charge in [0, 0.05) is 18.0 Å². The van der Waals surface area contributed by atoms with E-state index < -0.39 is 42.2 Å². The number of aliphatic carboxylic acids is 1. The van der Waals surface area contributed by atoms with E-state index in [1.165, 1.54) is 24.2 Å². The van der Waals surface area contributed by atoms with E-state index in [0.29, 0.717) is 19.4 Å². The Morgan fingerprint density at radius 3 is 2.06 bits per heavy atom. The maximum atomic E-state index is 13.6. The first kappa shape index (κ1) is 27.1. The molecule has 2 aromatic heterocycles. The van der Waals surface area contributed by atoms with Crippen molar-refractivity contribution in [1.29, 1.82) is 0 Å². The van der Waals surface area contributed by atoms with Crippen LogP contribution in [-0.4, -0.2) is 63.8 Å². The van der Waals surface area contributed by atoms with Gasteiger partial charge in [-0.15, -0.1) is 0 Å². The van der Waals surface area contributed by atoms with Gasteiger partial charge < -0.3 is 21.5 Å². The van der Waals surface area contributed by atoms with Crippen molar-refractivity contribution in [1.82, 2.24) is 20.6 Å². The molecule has 0 aromatic carbocycles. The van der Waals surface area contributed by atoms with Gasteiger partial charge in [-0.3, -0.25) is 19.3 Å². The van der Waals surface area contributed by atoms with Crippen LogP contribution in [0.3, 0.4) is 0 Å². The van der Waals surface area contributed by atoms with E-state index in [2.05, 4.69) is 27.2 Å². The minimum atomic E-state index is -2.13. The van der Waals surface area contributed by atoms with E-state index in [4.69, 9.17) is 5.73 Å². The molecular formula is C24H30N6O5. The van der Waals surface area contributed by atoms with Crippen molar-refractivity contribution >= 4 is 35.2 Å². The van der Waals surface area contributed by atoms with E-state index in [9.17, 15) is 24.3 Å². The molecule has 11 nitrogen and oxygen atoms in total. The van der Waals surface area contributed by atoms with Gasteiger partial charge in [0.05, 0.1) is 13.1 Å². The molecule has 2 heterocycles. The number of aromatic nitrogens is 2. The molecule has 0 radical (unpaired) electrons. The summed E-state index contributed by atoms with van der Waals surface area (Å²) in [4.78, 5) is 60.2. The molecule has 0 spiro atoms. The number of hydrogen-bond donors (Lipinski definition) is 4. The standard InChI is InChI=1S/C24H30N6O5/c1-17(2)22(33)29-16-21(32)28-15-18(31)24(23(34)35,11-5-6-12-25)30(19-9-3-7-13-26-19)20-10-4-8-14-27-20/h3-4,7-10,13-14H,1,5-6,11-12,15-16,25H2,2H3,(H,28,32)(H,29,33)(H,34,35)/t24-/m0/s1. The van der Waals surface area contributed by atoms with Crippen molar-refractivity contribution in [3.05, 3.63) is 60.9 Å². The predicted octanol–water partition coefficient (Wildman–Crippen LogP) is 0.945. The molecule has 1 atom stereocenters. The Morgan fingerprint density at radius 1 is 1.00 bits per heavy atom. The maximum Gasteiger partial charge on any atom is 0.337 e. The molecule has 0 fully saturated rings. The van der Waals surface area contributed by atoms with Crippen LogP contribution in [0.15, 0.2) is 60.9 Å². The minimum absolute atomic E-state index is 0.103. The average Bonchev–Trinajstić information content (AvgIpc) is 2.86. The highest BCUT2D eigenvalue weighted by molar-refractivity contribution is 6.13. The molecular weight excluding hydrogens is 452 g/mol. The number of Topliss-reactive ketones (excluding diaryl/α,β-unsaturated/α-hetero) is 1. The van der Waals surface area contributed by atoms with Crippen LogP contribution in [0.5, 0.6) is 0 Å². The molecule has 2 amide bonds. The van der Waals surface area contributed by atoms with Crippen molar-refractivity contribution in [2.45, 2.75) is 31.7 Å². The number of unbranched alkanes of at least 4 members (excludes halogenated alkanes) is 1. The van der Waals surface area contributed by atoms with Crippen molar-refractivity contribution in [3.63, 3.8) is 0 Å². The number of ketones is 1. The molecule has 0 bridgehead atoms. The van der Waals surface area contributed by atoms with Gasteiger partial charge >= 0.3 is 5.97 Å². The Kier molecular flexibility index (Phi) is 10.0. The molecule has 0 saturated carbocycles. The van der Waals surface area contributed by atoms with E-state index in [0.717, 1.165) is 0 Å². The fourth-order valence-electron chi connectivity index (χ4n) is 3.40. The van der Waals surface area contributed by atoms with Crippen molar-refractivity contribution in [2.75, 3.05) is 24.5 Å². The number of hydrogen-bond acceptors (Lipinski definition) is 8. The van der Waals surface area contributed by atoms with Gasteiger partial charge in [0.1, 0.15) is 11.6 Å². The second kappa shape index (κ2) is 12.9. The number of rotatable bonds is 14. The maximum absolute atomic E-state index is 13.6. The predicted molar refractivity (Wildman–Crippen MR) is 130 cm³/mol. The minimum Gasteiger partial charge on any atom is -0.479 e. The van der Waals surface area contributed by atoms with Gasteiger partial charge in [0.2, 0.25) is 17.4 Å². The summed E-state index contributed by atoms with van der Waals surface area (Å²) in [7, 11) is 0. The molecule has 11 heteroatoms. The number of nitrogens with two attached hydrogens (primary N) is 1. The number of carbonyl (C=O) groups is 4. The molecule has 0 aliphatic rings. The summed E-state index contributed by atoms with van der Waals surface area (Å²) in [5.41, 5.74) is 3.71. The fraction of sp³-hybridized carbons (Fsp3) is 0.333. The zero-order valence-electron chi connectivity index (χ0n) is 19.6. The van der Waals surface area contributed by atoms with E-state index in [1.54, 1.807) is 36.4 Å². The van der Waals surface area contributed by atoms with Gasteiger partial charge in [-0.25, -0.2) is 14.8 Å². The van der Waals surface area contributed by atoms with Crippen LogP contribution in [0.2, 0.25) is 0 Å². The largest absolute Gasteiger partial charge is 0.479 e. The number of nitrogens with zero attached hydrogens (tertiary/aromatic N) is 3. The first-order chi connectivity index (χ1) is 16.7. The smallest absolute Gasteiger partial charge is 0.337 e. The van der Waals surface area contributed by atoms with E-state index in [-0.39, 0.29) is 23.6 Å². The number of pyridine rings is 2. The third-order valence-corrected chi connectivity index (χ3v) is 5.19. The van der Waals surface area contributed by atoms with Gasteiger partial charge in [-0.1, -0.05) is 18.7 Å². The van der Waals surface area contributed by atoms with Crippen LogP contribution in [0.4, 0.5) is 11.6 Å². The van der Waals surface area contributed by atoms with E-state index >= 15 is 0 Å². The number of carboxylic acid groups (broad SMARTS) is 1. The lowest BCUT2D eigenvalue weighted by molar-refractivity contribution is -0.148. The van der Waals surface area contributed by atoms with Gasteiger partial charge in [-0.05, 0) is 57.0 Å². The molecule has 186 valence electrons. The molecule has 0 unspecified atom stereocenters. The lowest BCUT2D eigenvalue weighted by Crippen LogP contribution is -2.61. The van der Waals surface area contributed by atoms with E-state index in [1.807, 2.05) is 0 Å². The number of carbonyl (C=O) groups excluding carboxylic acids is 3. The van der Waals surface area contributed by atoms with Crippen LogP contribution in [-0.2, 0) is 19.2 Å². The zero-order valence-corrected chi connectivity index (χ0v) is 19.6. The normalized spacial score (nSPS) is 12.2. The van der Waals surface area contributed by atoms with Crippen LogP contribution < -0.4 is 21.3 Å². The number of nitrogens with one attached hydrogen (secondary N) is 2. The Bertz CT molecular complexity index is 1010. The summed E-state index contributed by atoms with van der Waals surface area (Å²) in [6, 6.07) is 9.82. The van der Waals surface area contributed by atoms with Crippen molar-refractivity contribution in [2.24, 2.45) is 5.73 Å². The lowest BCUT2D eigenvalue weighted by atomic mass is 9.85. The first-order valence-electron chi connectivity index (χ1n) is 11.0. The highest BCUT2D eigenvalue weighted by Gasteiger charge is 2.52. The fourth-order valence-corrected chi connectivity index (χ4v) is 3.40. The van der Waals surface area contributed by atoms with Crippen LogP contribution >= 0.6 is 0 Å². The first-order valence-corrected chi connectivity index (χ1v) is 11.0. The Morgan fingerprint density at radius 2 is 1.60 bits per heavy atom. The molecule has 35 heavy (non-hydrogen) atoms. The summed E-state index contributed by atoms with van der Waals surface area (Å²) in [5.74, 6) is -2.95. The summed E-state index contributed by atoms with van der Waals surface area (Å²) in [6.45, 7) is 4.30. The van der Waals surface area contributed by atoms with Crippen molar-refractivity contribution < 1.29 is 24.3 Å². The Hall–Kier alpha value is -4.12. The third kappa shape index (κ3) is 6.93. The molecule has 0 saturated heterocycles. The summed E-state index contributed by atoms with van der Waals surface area (Å²) < 4.78 is 0. The zero-order chi connectivity index (χ0) is 25.8. The lowest BCUT2D eigenvalue weighted by Gasteiger charge is -2.39. The summed E-state index contributed by atoms with van der Waals surface area (Å²) in [6.07, 6.45) is 3.67. The summed E-state index contributed by atoms with van der Waals surface area (Å²) >= 11 is 0. The second-order valence-electron chi connectivity index (χ2n) is 7.79. The van der Waals surface area contributed by atoms with Gasteiger partial charge in [-0.2, -0.15) is 0 Å². The summed E-state index contributed by atoms with van der Waals surface area (Å²) in [5, 5.41) is 15.2. The molecule has 2 aromatic rings. The van der Waals surface area contributed by atoms with Crippen LogP contribution in [0.1, 0.15) is 26.2 Å². The van der Waals surface area contributed by atoms with Gasteiger partial charge in [0.25, 0.3) is 0 Å². The molecule has 5 N–H and O–H groups in total. The number of carboxylic acids is 1. The van der Waals surface area contributed by atoms with Gasteiger partial charge in [0.15, 0.2) is 5.78 Å². The Labute approximate surface area is 203 Å².